The number of para-hydroxylation sites is 1. The predicted molar refractivity (Wildman–Crippen MR) is 98.5 cm³/mol. The summed E-state index contributed by atoms with van der Waals surface area (Å²) in [6.45, 7) is 0.507. The highest BCUT2D eigenvalue weighted by Crippen LogP contribution is 2.33. The first kappa shape index (κ1) is 17.6. The van der Waals surface area contributed by atoms with Gasteiger partial charge in [-0.15, -0.1) is 0 Å². The normalized spacial score (nSPS) is 21.0. The number of aromatic nitrogens is 1. The van der Waals surface area contributed by atoms with E-state index in [4.69, 9.17) is 24.9 Å². The van der Waals surface area contributed by atoms with E-state index in [2.05, 4.69) is 9.98 Å². The summed E-state index contributed by atoms with van der Waals surface area (Å²) in [5, 5.41) is 6.96. The molecule has 25 heavy (non-hydrogen) atoms. The zero-order valence-corrected chi connectivity index (χ0v) is 14.6. The number of rotatable bonds is 8. The molecule has 0 amide bonds. The molecule has 1 saturated heterocycles. The number of H-pyrrole nitrogens is 1. The van der Waals surface area contributed by atoms with Crippen LogP contribution in [-0.4, -0.2) is 29.9 Å². The molecule has 2 aromatic rings. The highest BCUT2D eigenvalue weighted by atomic mass is 31.1. The summed E-state index contributed by atoms with van der Waals surface area (Å²) in [7, 11) is -0.0459. The number of hydrogen-bond donors (Lipinski definition) is 3. The lowest BCUT2D eigenvalue weighted by Crippen LogP contribution is -2.15. The molecular formula is C17H21N4O3P. The van der Waals surface area contributed by atoms with E-state index >= 15 is 0 Å². The van der Waals surface area contributed by atoms with Gasteiger partial charge in [-0.1, -0.05) is 18.2 Å². The molecule has 0 spiro atoms. The van der Waals surface area contributed by atoms with Crippen molar-refractivity contribution in [1.82, 2.24) is 4.98 Å². The lowest BCUT2D eigenvalue weighted by atomic mass is 10.1. The third-order valence-electron chi connectivity index (χ3n) is 3.87. The van der Waals surface area contributed by atoms with Crippen LogP contribution in [0, 0.1) is 5.41 Å². The van der Waals surface area contributed by atoms with Crippen LogP contribution in [0.5, 0.6) is 5.75 Å². The summed E-state index contributed by atoms with van der Waals surface area (Å²) in [5.74, 6) is 1.09. The second kappa shape index (κ2) is 8.76. The summed E-state index contributed by atoms with van der Waals surface area (Å²) in [4.78, 5) is 6.96. The summed E-state index contributed by atoms with van der Waals surface area (Å²) in [6, 6.07) is 13.4. The summed E-state index contributed by atoms with van der Waals surface area (Å²) in [5.41, 5.74) is 7.42. The molecule has 1 aromatic heterocycles. The summed E-state index contributed by atoms with van der Waals surface area (Å²) >= 11 is 0. The van der Waals surface area contributed by atoms with Crippen LogP contribution in [0.15, 0.2) is 47.5 Å². The fourth-order valence-electron chi connectivity index (χ4n) is 2.64. The zero-order chi connectivity index (χ0) is 17.5. The highest BCUT2D eigenvalue weighted by Gasteiger charge is 2.27. The minimum absolute atomic E-state index is 0.00601. The van der Waals surface area contributed by atoms with Gasteiger partial charge in [0, 0.05) is 5.69 Å². The highest BCUT2D eigenvalue weighted by molar-refractivity contribution is 7.26. The van der Waals surface area contributed by atoms with E-state index in [1.807, 2.05) is 42.5 Å². The van der Waals surface area contributed by atoms with Crippen molar-refractivity contribution in [3.8, 4) is 5.75 Å². The van der Waals surface area contributed by atoms with E-state index in [1.165, 1.54) is 0 Å². The third-order valence-corrected chi connectivity index (χ3v) is 4.48. The third kappa shape index (κ3) is 4.89. The molecule has 4 N–H and O–H groups in total. The molecule has 0 aliphatic carbocycles. The van der Waals surface area contributed by atoms with Crippen LogP contribution in [-0.2, 0) is 9.26 Å². The van der Waals surface area contributed by atoms with Gasteiger partial charge in [-0.3, -0.25) is 5.41 Å². The Hall–Kier alpha value is -2.21. The van der Waals surface area contributed by atoms with Crippen LogP contribution in [0.4, 0.5) is 0 Å². The first-order valence-electron chi connectivity index (χ1n) is 8.02. The molecule has 7 nitrogen and oxygen atoms in total. The second-order valence-electron chi connectivity index (χ2n) is 5.60. The Morgan fingerprint density at radius 3 is 2.96 bits per heavy atom. The van der Waals surface area contributed by atoms with Gasteiger partial charge in [0.15, 0.2) is 0 Å². The molecule has 132 valence electrons. The minimum Gasteiger partial charge on any atom is -0.450 e. The monoisotopic (exact) mass is 360 g/mol. The number of ether oxygens (including phenoxy) is 1. The topological polar surface area (TPSA) is 106 Å². The van der Waals surface area contributed by atoms with Crippen molar-refractivity contribution in [2.45, 2.75) is 25.0 Å². The first-order chi connectivity index (χ1) is 12.3. The van der Waals surface area contributed by atoms with Crippen molar-refractivity contribution in [1.29, 1.82) is 5.41 Å². The van der Waals surface area contributed by atoms with Crippen LogP contribution in [0.2, 0.25) is 0 Å². The smallest absolute Gasteiger partial charge is 0.215 e. The summed E-state index contributed by atoms with van der Waals surface area (Å²) in [6.07, 6.45) is 2.81. The Morgan fingerprint density at radius 2 is 2.16 bits per heavy atom. The van der Waals surface area contributed by atoms with Crippen LogP contribution in [0.25, 0.3) is 0 Å². The number of benzene rings is 1. The maximum atomic E-state index is 6.96. The number of aliphatic imine (C=N–C) groups is 1. The number of hydrogen-bond acceptors (Lipinski definition) is 4. The lowest BCUT2D eigenvalue weighted by molar-refractivity contribution is 0.0174. The largest absolute Gasteiger partial charge is 0.450 e. The molecule has 1 fully saturated rings. The van der Waals surface area contributed by atoms with Crippen molar-refractivity contribution < 1.29 is 13.8 Å². The molecule has 1 aliphatic heterocycles. The molecule has 1 aliphatic rings. The zero-order valence-electron chi connectivity index (χ0n) is 13.6. The maximum Gasteiger partial charge on any atom is 0.215 e. The molecule has 0 saturated carbocycles. The van der Waals surface area contributed by atoms with Crippen LogP contribution >= 0.6 is 9.03 Å². The van der Waals surface area contributed by atoms with Crippen molar-refractivity contribution in [3.05, 3.63) is 53.9 Å². The Balaban J connectivity index is 1.43. The average Bonchev–Trinajstić information content (AvgIpc) is 3.29. The Kier molecular flexibility index (Phi) is 6.17. The molecular weight excluding hydrogens is 339 g/mol. The Morgan fingerprint density at radius 1 is 1.32 bits per heavy atom. The van der Waals surface area contributed by atoms with Gasteiger partial charge in [-0.25, -0.2) is 4.99 Å². The van der Waals surface area contributed by atoms with E-state index < -0.39 is 0 Å². The average molecular weight is 360 g/mol. The van der Waals surface area contributed by atoms with Crippen molar-refractivity contribution in [2.75, 3.05) is 6.61 Å². The minimum atomic E-state index is -0.0459. The van der Waals surface area contributed by atoms with Crippen LogP contribution in [0.3, 0.4) is 0 Å². The molecule has 2 heterocycles. The van der Waals surface area contributed by atoms with Crippen LogP contribution < -0.4 is 10.3 Å². The fourth-order valence-corrected chi connectivity index (χ4v) is 3.18. The number of amidine groups is 1. The van der Waals surface area contributed by atoms with Crippen molar-refractivity contribution in [2.24, 2.45) is 10.7 Å². The van der Waals surface area contributed by atoms with E-state index in [9.17, 15) is 0 Å². The standard InChI is InChI=1S/C17H21N4O3P/c18-11-20-17(19)15-8-7-14(21-15)16-9-6-13(23-16)10-22-25-24-12-4-2-1-3-5-12/h1-5,7-8,11,13,16,21,25H,6,9-10H2,(H3,18,19,20)/t13?,16-/m1/s1. The van der Waals surface area contributed by atoms with Gasteiger partial charge in [-0.2, -0.15) is 0 Å². The van der Waals surface area contributed by atoms with Gasteiger partial charge in [0.25, 0.3) is 0 Å². The fraction of sp³-hybridized carbons (Fsp3) is 0.294. The molecule has 8 heteroatoms. The van der Waals surface area contributed by atoms with E-state index in [-0.39, 0.29) is 21.2 Å². The molecule has 3 rings (SSSR count). The molecule has 0 bridgehead atoms. The van der Waals surface area contributed by atoms with E-state index in [0.717, 1.165) is 30.6 Å². The number of nitrogens with two attached hydrogens (primary N) is 1. The Bertz CT molecular complexity index is 720. The van der Waals surface area contributed by atoms with E-state index in [1.54, 1.807) is 0 Å². The molecule has 3 atom stereocenters. The van der Waals surface area contributed by atoms with Gasteiger partial charge < -0.3 is 24.5 Å². The Labute approximate surface area is 148 Å². The van der Waals surface area contributed by atoms with Gasteiger partial charge in [0.05, 0.1) is 24.5 Å². The maximum absolute atomic E-state index is 6.96. The van der Waals surface area contributed by atoms with Gasteiger partial charge in [0.1, 0.15) is 17.9 Å². The number of nitrogens with zero attached hydrogens (tertiary/aromatic N) is 1. The lowest BCUT2D eigenvalue weighted by Gasteiger charge is -2.13. The molecule has 1 aromatic carbocycles. The van der Waals surface area contributed by atoms with Crippen LogP contribution in [0.1, 0.15) is 30.3 Å². The van der Waals surface area contributed by atoms with Crippen molar-refractivity contribution >= 4 is 21.2 Å². The predicted octanol–water partition coefficient (Wildman–Crippen LogP) is 3.15. The number of nitrogens with one attached hydrogen (secondary N) is 2. The first-order valence-corrected chi connectivity index (χ1v) is 8.83. The van der Waals surface area contributed by atoms with Gasteiger partial charge in [-0.05, 0) is 37.1 Å². The van der Waals surface area contributed by atoms with Gasteiger partial charge in [0.2, 0.25) is 9.03 Å². The molecule has 2 unspecified atom stereocenters. The van der Waals surface area contributed by atoms with E-state index in [0.29, 0.717) is 18.1 Å². The second-order valence-corrected chi connectivity index (χ2v) is 6.26. The quantitative estimate of drug-likeness (QED) is 0.291. The SMILES string of the molecule is N=C/N=C(/N)c1ccc([C@H]2CCC(COPOc3ccccc3)O2)[nH]1. The number of aromatic amines is 1. The molecule has 0 radical (unpaired) electrons. The summed E-state index contributed by atoms with van der Waals surface area (Å²) < 4.78 is 17.1. The van der Waals surface area contributed by atoms with Gasteiger partial charge >= 0.3 is 0 Å². The van der Waals surface area contributed by atoms with Crippen molar-refractivity contribution in [3.63, 3.8) is 0 Å².